The Labute approximate surface area is 107 Å². The van der Waals surface area contributed by atoms with E-state index in [4.69, 9.17) is 4.74 Å². The van der Waals surface area contributed by atoms with Crippen molar-refractivity contribution in [2.24, 2.45) is 0 Å². The van der Waals surface area contributed by atoms with Crippen LogP contribution in [0.25, 0.3) is 0 Å². The Kier molecular flexibility index (Phi) is 4.52. The van der Waals surface area contributed by atoms with E-state index in [0.717, 1.165) is 18.8 Å². The molecule has 1 fully saturated rings. The van der Waals surface area contributed by atoms with E-state index in [1.807, 2.05) is 12.1 Å². The predicted molar refractivity (Wildman–Crippen MR) is 69.7 cm³/mol. The maximum atomic E-state index is 12.2. The number of hydrogen-bond donors (Lipinski definition) is 1. The highest BCUT2D eigenvalue weighted by Gasteiger charge is 2.19. The third-order valence-corrected chi connectivity index (χ3v) is 2.82. The average Bonchev–Trinajstić information content (AvgIpc) is 2.45. The molecule has 0 aliphatic carbocycles. The molecule has 0 aromatic carbocycles. The second kappa shape index (κ2) is 6.35. The number of pyridine rings is 1. The summed E-state index contributed by atoms with van der Waals surface area (Å²) in [5.41, 5.74) is 0.498. The van der Waals surface area contributed by atoms with E-state index >= 15 is 0 Å². The molecule has 0 radical (unpaired) electrons. The van der Waals surface area contributed by atoms with Gasteiger partial charge in [0.1, 0.15) is 11.5 Å². The van der Waals surface area contributed by atoms with E-state index in [1.165, 1.54) is 0 Å². The van der Waals surface area contributed by atoms with Crippen molar-refractivity contribution in [2.45, 2.75) is 13.3 Å². The van der Waals surface area contributed by atoms with Crippen LogP contribution in [0.3, 0.4) is 0 Å². The van der Waals surface area contributed by atoms with Crippen molar-refractivity contribution in [1.82, 2.24) is 9.88 Å². The number of aromatic nitrogens is 1. The van der Waals surface area contributed by atoms with Gasteiger partial charge in [0, 0.05) is 19.6 Å². The summed E-state index contributed by atoms with van der Waals surface area (Å²) in [6.07, 6.45) is 1.03. The minimum atomic E-state index is -0.0153. The van der Waals surface area contributed by atoms with Gasteiger partial charge in [0.25, 0.3) is 5.91 Å². The summed E-state index contributed by atoms with van der Waals surface area (Å²) in [6.45, 7) is 5.47. The molecule has 5 nitrogen and oxygen atoms in total. The van der Waals surface area contributed by atoms with E-state index in [9.17, 15) is 4.79 Å². The molecule has 2 rings (SSSR count). The van der Waals surface area contributed by atoms with Crippen LogP contribution < -0.4 is 5.32 Å². The molecule has 1 N–H and O–H groups in total. The van der Waals surface area contributed by atoms with Gasteiger partial charge in [-0.05, 0) is 18.6 Å². The molecular formula is C13H19N3O2. The smallest absolute Gasteiger partial charge is 0.272 e. The zero-order chi connectivity index (χ0) is 12.8. The molecule has 0 unspecified atom stereocenters. The quantitative estimate of drug-likeness (QED) is 0.875. The predicted octanol–water partition coefficient (Wildman–Crippen LogP) is 1.38. The van der Waals surface area contributed by atoms with E-state index in [0.29, 0.717) is 32.0 Å². The fraction of sp³-hybridized carbons (Fsp3) is 0.538. The SMILES string of the molecule is CCCNc1cccc(C(=O)N2CCOCC2)n1. The minimum Gasteiger partial charge on any atom is -0.378 e. The topological polar surface area (TPSA) is 54.5 Å². The molecule has 2 heterocycles. The van der Waals surface area contributed by atoms with Crippen molar-refractivity contribution in [2.75, 3.05) is 38.2 Å². The number of hydrogen-bond acceptors (Lipinski definition) is 4. The molecule has 1 aliphatic heterocycles. The van der Waals surface area contributed by atoms with Gasteiger partial charge in [0.2, 0.25) is 0 Å². The number of ether oxygens (including phenoxy) is 1. The zero-order valence-electron chi connectivity index (χ0n) is 10.7. The van der Waals surface area contributed by atoms with Gasteiger partial charge in [-0.15, -0.1) is 0 Å². The van der Waals surface area contributed by atoms with Gasteiger partial charge in [-0.25, -0.2) is 4.98 Å². The van der Waals surface area contributed by atoms with E-state index < -0.39 is 0 Å². The first kappa shape index (κ1) is 12.8. The monoisotopic (exact) mass is 249 g/mol. The number of nitrogens with one attached hydrogen (secondary N) is 1. The molecular weight excluding hydrogens is 230 g/mol. The molecule has 1 aromatic heterocycles. The lowest BCUT2D eigenvalue weighted by atomic mass is 10.3. The Balaban J connectivity index is 2.04. The number of carbonyl (C=O) groups excluding carboxylic acids is 1. The van der Waals surface area contributed by atoms with Gasteiger partial charge in [-0.1, -0.05) is 13.0 Å². The van der Waals surface area contributed by atoms with Crippen molar-refractivity contribution >= 4 is 11.7 Å². The molecule has 1 aliphatic rings. The minimum absolute atomic E-state index is 0.0153. The molecule has 1 saturated heterocycles. The standard InChI is InChI=1S/C13H19N3O2/c1-2-6-14-12-5-3-4-11(15-12)13(17)16-7-9-18-10-8-16/h3-5H,2,6-10H2,1H3,(H,14,15). The number of amides is 1. The highest BCUT2D eigenvalue weighted by Crippen LogP contribution is 2.09. The lowest BCUT2D eigenvalue weighted by molar-refractivity contribution is 0.0299. The third kappa shape index (κ3) is 3.20. The Morgan fingerprint density at radius 2 is 2.22 bits per heavy atom. The fourth-order valence-corrected chi connectivity index (χ4v) is 1.83. The van der Waals surface area contributed by atoms with E-state index in [-0.39, 0.29) is 5.91 Å². The molecule has 18 heavy (non-hydrogen) atoms. The summed E-state index contributed by atoms with van der Waals surface area (Å²) in [6, 6.07) is 5.50. The highest BCUT2D eigenvalue weighted by atomic mass is 16.5. The van der Waals surface area contributed by atoms with Crippen molar-refractivity contribution in [3.05, 3.63) is 23.9 Å². The van der Waals surface area contributed by atoms with Gasteiger partial charge >= 0.3 is 0 Å². The molecule has 0 spiro atoms. The van der Waals surface area contributed by atoms with Crippen molar-refractivity contribution in [3.63, 3.8) is 0 Å². The molecule has 98 valence electrons. The number of rotatable bonds is 4. The first-order valence-corrected chi connectivity index (χ1v) is 6.39. The molecule has 0 bridgehead atoms. The summed E-state index contributed by atoms with van der Waals surface area (Å²) in [5.74, 6) is 0.745. The summed E-state index contributed by atoms with van der Waals surface area (Å²) in [5, 5.41) is 3.19. The van der Waals surface area contributed by atoms with Crippen LogP contribution in [0.15, 0.2) is 18.2 Å². The van der Waals surface area contributed by atoms with Gasteiger partial charge in [-0.3, -0.25) is 4.79 Å². The third-order valence-electron chi connectivity index (χ3n) is 2.82. The van der Waals surface area contributed by atoms with Gasteiger partial charge in [-0.2, -0.15) is 0 Å². The van der Waals surface area contributed by atoms with Crippen LogP contribution in [0.5, 0.6) is 0 Å². The van der Waals surface area contributed by atoms with Crippen LogP contribution in [0.4, 0.5) is 5.82 Å². The average molecular weight is 249 g/mol. The van der Waals surface area contributed by atoms with E-state index in [2.05, 4.69) is 17.2 Å². The first-order valence-electron chi connectivity index (χ1n) is 6.39. The summed E-state index contributed by atoms with van der Waals surface area (Å²) < 4.78 is 5.24. The van der Waals surface area contributed by atoms with Crippen LogP contribution in [0.1, 0.15) is 23.8 Å². The molecule has 5 heteroatoms. The molecule has 0 saturated carbocycles. The summed E-state index contributed by atoms with van der Waals surface area (Å²) >= 11 is 0. The van der Waals surface area contributed by atoms with Gasteiger partial charge < -0.3 is 15.0 Å². The Morgan fingerprint density at radius 1 is 1.44 bits per heavy atom. The lowest BCUT2D eigenvalue weighted by Crippen LogP contribution is -2.41. The lowest BCUT2D eigenvalue weighted by Gasteiger charge is -2.26. The van der Waals surface area contributed by atoms with Gasteiger partial charge in [0.15, 0.2) is 0 Å². The Morgan fingerprint density at radius 3 is 2.94 bits per heavy atom. The van der Waals surface area contributed by atoms with Crippen LogP contribution in [-0.4, -0.2) is 48.6 Å². The number of carbonyl (C=O) groups is 1. The second-order valence-electron chi connectivity index (χ2n) is 4.24. The Hall–Kier alpha value is -1.62. The Bertz CT molecular complexity index is 403. The zero-order valence-corrected chi connectivity index (χ0v) is 10.7. The molecule has 0 atom stereocenters. The summed E-state index contributed by atoms with van der Waals surface area (Å²) in [4.78, 5) is 18.3. The number of morpholine rings is 1. The number of nitrogens with zero attached hydrogens (tertiary/aromatic N) is 2. The van der Waals surface area contributed by atoms with Crippen LogP contribution >= 0.6 is 0 Å². The largest absolute Gasteiger partial charge is 0.378 e. The first-order chi connectivity index (χ1) is 8.81. The fourth-order valence-electron chi connectivity index (χ4n) is 1.83. The molecule has 1 aromatic rings. The summed E-state index contributed by atoms with van der Waals surface area (Å²) in [7, 11) is 0. The van der Waals surface area contributed by atoms with Crippen molar-refractivity contribution in [1.29, 1.82) is 0 Å². The number of anilines is 1. The maximum absolute atomic E-state index is 12.2. The maximum Gasteiger partial charge on any atom is 0.272 e. The van der Waals surface area contributed by atoms with E-state index in [1.54, 1.807) is 11.0 Å². The second-order valence-corrected chi connectivity index (χ2v) is 4.24. The molecule has 1 amide bonds. The van der Waals surface area contributed by atoms with Crippen LogP contribution in [0, 0.1) is 0 Å². The van der Waals surface area contributed by atoms with Crippen LogP contribution in [-0.2, 0) is 4.74 Å². The normalized spacial score (nSPS) is 15.5. The van der Waals surface area contributed by atoms with Crippen LogP contribution in [0.2, 0.25) is 0 Å². The highest BCUT2D eigenvalue weighted by molar-refractivity contribution is 5.92. The van der Waals surface area contributed by atoms with Crippen molar-refractivity contribution in [3.8, 4) is 0 Å². The van der Waals surface area contributed by atoms with Gasteiger partial charge in [0.05, 0.1) is 13.2 Å². The van der Waals surface area contributed by atoms with Crippen molar-refractivity contribution < 1.29 is 9.53 Å².